The molecule has 120 valence electrons. The molecular formula is C17H26F2O2. The van der Waals surface area contributed by atoms with Gasteiger partial charge in [0.15, 0.2) is 6.29 Å². The first kappa shape index (κ1) is 16.6. The molecule has 0 amide bonds. The minimum absolute atomic E-state index is 0.0596. The van der Waals surface area contributed by atoms with Crippen LogP contribution in [0.2, 0.25) is 0 Å². The van der Waals surface area contributed by atoms with Gasteiger partial charge < -0.3 is 9.47 Å². The van der Waals surface area contributed by atoms with Gasteiger partial charge in [0, 0.05) is 11.8 Å². The third-order valence-electron chi connectivity index (χ3n) is 4.56. The zero-order valence-corrected chi connectivity index (χ0v) is 12.8. The van der Waals surface area contributed by atoms with Gasteiger partial charge >= 0.3 is 0 Å². The smallest absolute Gasteiger partial charge is 0.266 e. The van der Waals surface area contributed by atoms with E-state index in [4.69, 9.17) is 9.47 Å². The zero-order chi connectivity index (χ0) is 15.1. The maximum atomic E-state index is 12.0. The van der Waals surface area contributed by atoms with Crippen LogP contribution in [-0.2, 0) is 9.47 Å². The van der Waals surface area contributed by atoms with Crippen molar-refractivity contribution in [3.8, 4) is 0 Å². The van der Waals surface area contributed by atoms with E-state index in [0.29, 0.717) is 24.2 Å². The summed E-state index contributed by atoms with van der Waals surface area (Å²) < 4.78 is 35.7. The summed E-state index contributed by atoms with van der Waals surface area (Å²) in [5, 5.41) is 0. The summed E-state index contributed by atoms with van der Waals surface area (Å²) in [5.41, 5.74) is 0. The summed E-state index contributed by atoms with van der Waals surface area (Å²) >= 11 is 0. The summed E-state index contributed by atoms with van der Waals surface area (Å²) in [4.78, 5) is 0. The second-order valence-electron chi connectivity index (χ2n) is 6.17. The quantitative estimate of drug-likeness (QED) is 0.671. The van der Waals surface area contributed by atoms with Crippen molar-refractivity contribution >= 4 is 0 Å². The molecule has 1 aliphatic heterocycles. The Morgan fingerprint density at radius 3 is 2.33 bits per heavy atom. The molecule has 21 heavy (non-hydrogen) atoms. The average molecular weight is 300 g/mol. The molecule has 0 aromatic carbocycles. The lowest BCUT2D eigenvalue weighted by atomic mass is 9.79. The molecule has 4 heteroatoms. The molecule has 1 heterocycles. The number of hydrogen-bond donors (Lipinski definition) is 0. The molecule has 0 spiro atoms. The Bertz CT molecular complexity index is 348. The van der Waals surface area contributed by atoms with E-state index in [1.165, 1.54) is 0 Å². The van der Waals surface area contributed by atoms with E-state index in [-0.39, 0.29) is 6.29 Å². The molecule has 0 aromatic rings. The first-order valence-corrected chi connectivity index (χ1v) is 8.06. The van der Waals surface area contributed by atoms with Crippen LogP contribution >= 0.6 is 0 Å². The summed E-state index contributed by atoms with van der Waals surface area (Å²) in [6.07, 6.45) is 9.36. The molecule has 0 aromatic heterocycles. The first-order valence-electron chi connectivity index (χ1n) is 8.06. The van der Waals surface area contributed by atoms with Crippen LogP contribution in [0.5, 0.6) is 0 Å². The molecule has 2 rings (SSSR count). The average Bonchev–Trinajstić information content (AvgIpc) is 2.49. The number of ether oxygens (including phenoxy) is 2. The third kappa shape index (κ3) is 5.51. The Labute approximate surface area is 126 Å². The van der Waals surface area contributed by atoms with Gasteiger partial charge in [-0.15, -0.1) is 0 Å². The largest absolute Gasteiger partial charge is 0.352 e. The van der Waals surface area contributed by atoms with Gasteiger partial charge in [-0.2, -0.15) is 8.78 Å². The van der Waals surface area contributed by atoms with Crippen molar-refractivity contribution in [1.82, 2.24) is 0 Å². The lowest BCUT2D eigenvalue weighted by Gasteiger charge is -2.37. The van der Waals surface area contributed by atoms with Gasteiger partial charge in [-0.3, -0.25) is 0 Å². The standard InChI is InChI=1S/C17H26F2O2/c1-2-4-14-11-20-17(21-12-14)15-9-7-13(8-10-15)5-3-6-16(18)19/h2,4,6,13-15,17H,3,5,7-12H2,1H3/b4-2+. The SMILES string of the molecule is C/C=C/C1COC(C2CCC(CCC=C(F)F)CC2)OC1. The second kappa shape index (κ2) is 8.64. The molecule has 0 bridgehead atoms. The van der Waals surface area contributed by atoms with E-state index in [9.17, 15) is 8.78 Å². The Kier molecular flexibility index (Phi) is 6.84. The van der Waals surface area contributed by atoms with E-state index in [1.807, 2.05) is 13.0 Å². The summed E-state index contributed by atoms with van der Waals surface area (Å²) in [7, 11) is 0. The third-order valence-corrected chi connectivity index (χ3v) is 4.56. The number of allylic oxidation sites excluding steroid dienone is 2. The van der Waals surface area contributed by atoms with Crippen LogP contribution in [0.25, 0.3) is 0 Å². The van der Waals surface area contributed by atoms with Gasteiger partial charge in [-0.05, 0) is 57.4 Å². The van der Waals surface area contributed by atoms with Crippen LogP contribution < -0.4 is 0 Å². The van der Waals surface area contributed by atoms with Crippen LogP contribution in [0.15, 0.2) is 24.3 Å². The normalized spacial score (nSPS) is 34.0. The van der Waals surface area contributed by atoms with E-state index in [2.05, 4.69) is 6.08 Å². The Hall–Kier alpha value is -0.740. The van der Waals surface area contributed by atoms with Crippen molar-refractivity contribution in [2.75, 3.05) is 13.2 Å². The van der Waals surface area contributed by atoms with Gasteiger partial charge in [0.25, 0.3) is 6.08 Å². The summed E-state index contributed by atoms with van der Waals surface area (Å²) in [6, 6.07) is 0. The molecule has 0 atom stereocenters. The highest BCUT2D eigenvalue weighted by Gasteiger charge is 2.31. The van der Waals surface area contributed by atoms with Crippen LogP contribution in [0.1, 0.15) is 45.4 Å². The predicted octanol–water partition coefficient (Wildman–Crippen LogP) is 4.92. The van der Waals surface area contributed by atoms with Crippen molar-refractivity contribution in [1.29, 1.82) is 0 Å². The number of rotatable bonds is 5. The maximum absolute atomic E-state index is 12.0. The Morgan fingerprint density at radius 1 is 1.10 bits per heavy atom. The zero-order valence-electron chi connectivity index (χ0n) is 12.8. The van der Waals surface area contributed by atoms with Crippen LogP contribution in [0.3, 0.4) is 0 Å². The van der Waals surface area contributed by atoms with Gasteiger partial charge in [-0.25, -0.2) is 0 Å². The summed E-state index contributed by atoms with van der Waals surface area (Å²) in [5.74, 6) is 1.43. The molecular weight excluding hydrogens is 274 g/mol. The number of hydrogen-bond acceptors (Lipinski definition) is 2. The molecule has 0 N–H and O–H groups in total. The van der Waals surface area contributed by atoms with Crippen molar-refractivity contribution in [2.45, 2.75) is 51.7 Å². The van der Waals surface area contributed by atoms with Gasteiger partial charge in [0.2, 0.25) is 0 Å². The van der Waals surface area contributed by atoms with Crippen LogP contribution in [0.4, 0.5) is 8.78 Å². The monoisotopic (exact) mass is 300 g/mol. The Balaban J connectivity index is 1.66. The van der Waals surface area contributed by atoms with E-state index in [0.717, 1.165) is 51.4 Å². The first-order chi connectivity index (χ1) is 10.2. The maximum Gasteiger partial charge on any atom is 0.266 e. The molecule has 2 aliphatic rings. The van der Waals surface area contributed by atoms with Gasteiger partial charge in [0.1, 0.15) is 0 Å². The fraction of sp³-hybridized carbons (Fsp3) is 0.765. The predicted molar refractivity (Wildman–Crippen MR) is 79.0 cm³/mol. The lowest BCUT2D eigenvalue weighted by molar-refractivity contribution is -0.223. The molecule has 1 aliphatic carbocycles. The van der Waals surface area contributed by atoms with E-state index in [1.54, 1.807) is 0 Å². The summed E-state index contributed by atoms with van der Waals surface area (Å²) in [6.45, 7) is 3.50. The molecule has 0 radical (unpaired) electrons. The van der Waals surface area contributed by atoms with Crippen molar-refractivity contribution < 1.29 is 18.3 Å². The fourth-order valence-electron chi connectivity index (χ4n) is 3.37. The Morgan fingerprint density at radius 2 is 1.76 bits per heavy atom. The number of halogens is 2. The van der Waals surface area contributed by atoms with Gasteiger partial charge in [-0.1, -0.05) is 12.2 Å². The van der Waals surface area contributed by atoms with Crippen LogP contribution in [0, 0.1) is 17.8 Å². The van der Waals surface area contributed by atoms with Crippen molar-refractivity contribution in [2.24, 2.45) is 17.8 Å². The molecule has 2 nitrogen and oxygen atoms in total. The van der Waals surface area contributed by atoms with E-state index < -0.39 is 6.08 Å². The highest BCUT2D eigenvalue weighted by atomic mass is 19.3. The van der Waals surface area contributed by atoms with Crippen LogP contribution in [-0.4, -0.2) is 19.5 Å². The molecule has 1 saturated heterocycles. The highest BCUT2D eigenvalue weighted by Crippen LogP contribution is 2.35. The van der Waals surface area contributed by atoms with Crippen molar-refractivity contribution in [3.63, 3.8) is 0 Å². The second-order valence-corrected chi connectivity index (χ2v) is 6.17. The minimum Gasteiger partial charge on any atom is -0.352 e. The molecule has 0 unspecified atom stereocenters. The lowest BCUT2D eigenvalue weighted by Crippen LogP contribution is -2.38. The van der Waals surface area contributed by atoms with Gasteiger partial charge in [0.05, 0.1) is 13.2 Å². The minimum atomic E-state index is -1.55. The molecule has 1 saturated carbocycles. The fourth-order valence-corrected chi connectivity index (χ4v) is 3.37. The van der Waals surface area contributed by atoms with E-state index >= 15 is 0 Å². The van der Waals surface area contributed by atoms with Crippen molar-refractivity contribution in [3.05, 3.63) is 24.3 Å². The topological polar surface area (TPSA) is 18.5 Å². The highest BCUT2D eigenvalue weighted by molar-refractivity contribution is 4.88. The molecule has 2 fully saturated rings.